The normalized spacial score (nSPS) is 21.8. The van der Waals surface area contributed by atoms with Gasteiger partial charge in [0, 0.05) is 24.8 Å². The maximum Gasteiger partial charge on any atom is 0.266 e. The van der Waals surface area contributed by atoms with Gasteiger partial charge in [0.25, 0.3) is 5.66 Å². The number of rotatable bonds is 2. The van der Waals surface area contributed by atoms with Crippen LogP contribution in [0, 0.1) is 5.21 Å². The molecule has 1 aliphatic carbocycles. The van der Waals surface area contributed by atoms with Crippen molar-refractivity contribution in [1.29, 1.82) is 0 Å². The van der Waals surface area contributed by atoms with Crippen molar-refractivity contribution in [1.82, 2.24) is 0 Å². The van der Waals surface area contributed by atoms with Crippen LogP contribution in [-0.2, 0) is 0 Å². The first-order valence-electron chi connectivity index (χ1n) is 7.26. The zero-order valence-electron chi connectivity index (χ0n) is 11.4. The van der Waals surface area contributed by atoms with Crippen LogP contribution >= 0.6 is 0 Å². The van der Waals surface area contributed by atoms with Crippen molar-refractivity contribution in [3.05, 3.63) is 41.1 Å². The van der Waals surface area contributed by atoms with Gasteiger partial charge in [0.1, 0.15) is 5.71 Å². The third-order valence-corrected chi connectivity index (χ3v) is 4.25. The Hall–Kier alpha value is -1.64. The first kappa shape index (κ1) is 12.4. The Morgan fingerprint density at radius 1 is 1.16 bits per heavy atom. The standard InChI is InChI=1S/C16H20N2O/c1-2-14-15(13-9-5-3-6-10-13)17-16(18(14)19)11-7-4-8-12-16/h3,5-6,9-10H,2,4,7-8,11-12H2,1H3. The molecule has 0 bridgehead atoms. The second-order valence-electron chi connectivity index (χ2n) is 5.46. The van der Waals surface area contributed by atoms with E-state index < -0.39 is 5.66 Å². The van der Waals surface area contributed by atoms with Gasteiger partial charge in [-0.05, 0) is 12.8 Å². The highest BCUT2D eigenvalue weighted by atomic mass is 16.5. The summed E-state index contributed by atoms with van der Waals surface area (Å²) in [5.74, 6) is 0. The molecule has 0 atom stereocenters. The van der Waals surface area contributed by atoms with E-state index in [1.165, 1.54) is 11.2 Å². The average Bonchev–Trinajstić information content (AvgIpc) is 2.74. The molecule has 1 fully saturated rings. The Balaban J connectivity index is 2.07. The van der Waals surface area contributed by atoms with Crippen LogP contribution in [0.2, 0.25) is 0 Å². The summed E-state index contributed by atoms with van der Waals surface area (Å²) in [6.45, 7) is 2.04. The van der Waals surface area contributed by atoms with Gasteiger partial charge in [-0.1, -0.05) is 43.7 Å². The predicted octanol–water partition coefficient (Wildman–Crippen LogP) is 3.51. The predicted molar refractivity (Wildman–Crippen MR) is 77.7 cm³/mol. The van der Waals surface area contributed by atoms with Gasteiger partial charge in [0.05, 0.1) is 0 Å². The van der Waals surface area contributed by atoms with Gasteiger partial charge < -0.3 is 5.21 Å². The minimum absolute atomic E-state index is 0.491. The molecule has 1 aromatic carbocycles. The number of benzene rings is 1. The van der Waals surface area contributed by atoms with Crippen LogP contribution in [-0.4, -0.2) is 21.8 Å². The smallest absolute Gasteiger partial charge is 0.266 e. The summed E-state index contributed by atoms with van der Waals surface area (Å²) in [7, 11) is 0. The van der Waals surface area contributed by atoms with Crippen LogP contribution in [0.4, 0.5) is 0 Å². The average molecular weight is 256 g/mol. The Labute approximate surface area is 114 Å². The fraction of sp³-hybridized carbons (Fsp3) is 0.500. The van der Waals surface area contributed by atoms with Crippen LogP contribution in [0.3, 0.4) is 0 Å². The molecule has 0 unspecified atom stereocenters. The van der Waals surface area contributed by atoms with E-state index >= 15 is 0 Å². The second-order valence-corrected chi connectivity index (χ2v) is 5.46. The summed E-state index contributed by atoms with van der Waals surface area (Å²) >= 11 is 0. The number of hydroxylamine groups is 1. The van der Waals surface area contributed by atoms with E-state index in [9.17, 15) is 5.21 Å². The van der Waals surface area contributed by atoms with Gasteiger partial charge in [-0.25, -0.2) is 4.99 Å². The van der Waals surface area contributed by atoms with Crippen molar-refractivity contribution < 1.29 is 4.74 Å². The van der Waals surface area contributed by atoms with E-state index in [4.69, 9.17) is 4.99 Å². The lowest BCUT2D eigenvalue weighted by Crippen LogP contribution is -2.38. The summed E-state index contributed by atoms with van der Waals surface area (Å²) < 4.78 is 1.22. The Morgan fingerprint density at radius 3 is 2.47 bits per heavy atom. The van der Waals surface area contributed by atoms with Crippen molar-refractivity contribution in [2.75, 3.05) is 0 Å². The van der Waals surface area contributed by atoms with Gasteiger partial charge in [-0.3, -0.25) is 0 Å². The highest BCUT2D eigenvalue weighted by Gasteiger charge is 2.47. The van der Waals surface area contributed by atoms with Crippen LogP contribution < -0.4 is 0 Å². The van der Waals surface area contributed by atoms with Crippen LogP contribution in [0.15, 0.2) is 35.3 Å². The van der Waals surface area contributed by atoms with Crippen molar-refractivity contribution in [2.45, 2.75) is 51.1 Å². The fourth-order valence-corrected chi connectivity index (χ4v) is 3.24. The summed E-state index contributed by atoms with van der Waals surface area (Å²) in [6, 6.07) is 10.1. The van der Waals surface area contributed by atoms with Crippen LogP contribution in [0.1, 0.15) is 51.0 Å². The molecule has 100 valence electrons. The highest BCUT2D eigenvalue weighted by molar-refractivity contribution is 6.47. The molecule has 19 heavy (non-hydrogen) atoms. The molecule has 1 spiro atoms. The minimum Gasteiger partial charge on any atom is -0.622 e. The molecular weight excluding hydrogens is 236 g/mol. The van der Waals surface area contributed by atoms with Crippen molar-refractivity contribution in [3.8, 4) is 0 Å². The lowest BCUT2D eigenvalue weighted by atomic mass is 9.90. The molecular formula is C16H20N2O. The van der Waals surface area contributed by atoms with Crippen molar-refractivity contribution in [3.63, 3.8) is 0 Å². The molecule has 0 saturated heterocycles. The number of nitrogens with zero attached hydrogens (tertiary/aromatic N) is 2. The lowest BCUT2D eigenvalue weighted by Gasteiger charge is -2.28. The van der Waals surface area contributed by atoms with E-state index in [0.717, 1.165) is 49.1 Å². The van der Waals surface area contributed by atoms with E-state index in [-0.39, 0.29) is 0 Å². The second kappa shape index (κ2) is 4.80. The topological polar surface area (TPSA) is 38.4 Å². The molecule has 3 rings (SSSR count). The quantitative estimate of drug-likeness (QED) is 0.589. The molecule has 2 aliphatic rings. The monoisotopic (exact) mass is 256 g/mol. The van der Waals surface area contributed by atoms with E-state index in [2.05, 4.69) is 0 Å². The molecule has 1 aliphatic heterocycles. The van der Waals surface area contributed by atoms with Crippen LogP contribution in [0.5, 0.6) is 0 Å². The van der Waals surface area contributed by atoms with Gasteiger partial charge in [-0.2, -0.15) is 4.74 Å². The third-order valence-electron chi connectivity index (χ3n) is 4.25. The molecule has 0 radical (unpaired) electrons. The molecule has 1 heterocycles. The summed E-state index contributed by atoms with van der Waals surface area (Å²) in [5, 5.41) is 12.7. The SMILES string of the molecule is CCC1=[N+]([O-])C2(CCCCC2)N=C1c1ccccc1. The van der Waals surface area contributed by atoms with E-state index in [1.807, 2.05) is 37.3 Å². The molecule has 1 aromatic rings. The first-order valence-corrected chi connectivity index (χ1v) is 7.26. The highest BCUT2D eigenvalue weighted by Crippen LogP contribution is 2.36. The first-order chi connectivity index (χ1) is 9.27. The van der Waals surface area contributed by atoms with Crippen molar-refractivity contribution >= 4 is 11.4 Å². The zero-order chi connectivity index (χ0) is 13.3. The van der Waals surface area contributed by atoms with Gasteiger partial charge >= 0.3 is 0 Å². The molecule has 0 amide bonds. The van der Waals surface area contributed by atoms with Gasteiger partial charge in [-0.15, -0.1) is 0 Å². The largest absolute Gasteiger partial charge is 0.622 e. The minimum atomic E-state index is -0.491. The fourth-order valence-electron chi connectivity index (χ4n) is 3.24. The Morgan fingerprint density at radius 2 is 1.84 bits per heavy atom. The summed E-state index contributed by atoms with van der Waals surface area (Å²) in [6.07, 6.45) is 6.00. The van der Waals surface area contributed by atoms with Gasteiger partial charge in [0.15, 0.2) is 0 Å². The molecule has 3 nitrogen and oxygen atoms in total. The number of hydrogen-bond donors (Lipinski definition) is 0. The maximum absolute atomic E-state index is 12.7. The van der Waals surface area contributed by atoms with Crippen LogP contribution in [0.25, 0.3) is 0 Å². The van der Waals surface area contributed by atoms with Crippen molar-refractivity contribution in [2.24, 2.45) is 4.99 Å². The number of hydrogen-bond acceptors (Lipinski definition) is 2. The molecule has 3 heteroatoms. The molecule has 0 N–H and O–H groups in total. The van der Waals surface area contributed by atoms with E-state index in [0.29, 0.717) is 0 Å². The Kier molecular flexibility index (Phi) is 3.13. The summed E-state index contributed by atoms with van der Waals surface area (Å²) in [4.78, 5) is 4.88. The lowest BCUT2D eigenvalue weighted by molar-refractivity contribution is -0.548. The van der Waals surface area contributed by atoms with E-state index in [1.54, 1.807) is 0 Å². The number of aliphatic imine (C=N–C) groups is 1. The third kappa shape index (κ3) is 1.97. The molecule has 0 aromatic heterocycles. The Bertz CT molecular complexity index is 525. The zero-order valence-corrected chi connectivity index (χ0v) is 11.4. The summed E-state index contributed by atoms with van der Waals surface area (Å²) in [5.41, 5.74) is 2.35. The van der Waals surface area contributed by atoms with Gasteiger partial charge in [0.2, 0.25) is 5.71 Å². The molecule has 1 saturated carbocycles. The maximum atomic E-state index is 12.7.